The first-order chi connectivity index (χ1) is 16.5. The first-order valence-corrected chi connectivity index (χ1v) is 11.4. The van der Waals surface area contributed by atoms with Crippen LogP contribution in [0.25, 0.3) is 22.6 Å². The van der Waals surface area contributed by atoms with E-state index in [-0.39, 0.29) is 5.91 Å². The molecule has 0 spiro atoms. The molecular weight excluding hydrogens is 520 g/mol. The Labute approximate surface area is 208 Å². The summed E-state index contributed by atoms with van der Waals surface area (Å²) in [6.45, 7) is 0.471. The summed E-state index contributed by atoms with van der Waals surface area (Å²) < 4.78 is 7.99. The molecule has 1 amide bonds. The SMILES string of the molecule is COc1ccc(Cn2nc(NC(=O)c3ccc(Cl)nc3)cc2-c2nc3cc(Br)ccc3[nH]2)cc1. The zero-order valence-electron chi connectivity index (χ0n) is 17.9. The van der Waals surface area contributed by atoms with Gasteiger partial charge in [-0.2, -0.15) is 5.10 Å². The summed E-state index contributed by atoms with van der Waals surface area (Å²) in [7, 11) is 1.63. The molecule has 34 heavy (non-hydrogen) atoms. The number of methoxy groups -OCH3 is 1. The topological polar surface area (TPSA) is 97.7 Å². The van der Waals surface area contributed by atoms with E-state index in [0.29, 0.717) is 28.9 Å². The van der Waals surface area contributed by atoms with Gasteiger partial charge in [-0.3, -0.25) is 9.48 Å². The minimum atomic E-state index is -0.335. The molecule has 0 saturated heterocycles. The van der Waals surface area contributed by atoms with Crippen LogP contribution in [0.5, 0.6) is 5.75 Å². The van der Waals surface area contributed by atoms with Crippen LogP contribution >= 0.6 is 27.5 Å². The molecular formula is C24H18BrClN6O2. The Morgan fingerprint density at radius 2 is 1.97 bits per heavy atom. The number of hydrogen-bond acceptors (Lipinski definition) is 5. The van der Waals surface area contributed by atoms with Crippen LogP contribution in [0.2, 0.25) is 5.15 Å². The second-order valence-electron chi connectivity index (χ2n) is 7.49. The highest BCUT2D eigenvalue weighted by Crippen LogP contribution is 2.26. The number of pyridine rings is 1. The number of hydrogen-bond donors (Lipinski definition) is 2. The lowest BCUT2D eigenvalue weighted by Gasteiger charge is -2.07. The summed E-state index contributed by atoms with van der Waals surface area (Å²) in [5, 5.41) is 7.78. The second-order valence-corrected chi connectivity index (χ2v) is 8.79. The molecule has 2 N–H and O–H groups in total. The van der Waals surface area contributed by atoms with Gasteiger partial charge in [0.05, 0.1) is 30.3 Å². The maximum atomic E-state index is 12.7. The van der Waals surface area contributed by atoms with Crippen molar-refractivity contribution in [2.24, 2.45) is 0 Å². The minimum absolute atomic E-state index is 0.319. The summed E-state index contributed by atoms with van der Waals surface area (Å²) in [4.78, 5) is 24.7. The molecule has 0 aliphatic rings. The highest BCUT2D eigenvalue weighted by Gasteiger charge is 2.17. The fourth-order valence-corrected chi connectivity index (χ4v) is 3.95. The number of H-pyrrole nitrogens is 1. The van der Waals surface area contributed by atoms with Gasteiger partial charge in [-0.15, -0.1) is 0 Å². The van der Waals surface area contributed by atoms with Crippen molar-refractivity contribution in [3.63, 3.8) is 0 Å². The van der Waals surface area contributed by atoms with E-state index in [4.69, 9.17) is 21.3 Å². The number of aromatic amines is 1. The van der Waals surface area contributed by atoms with Crippen molar-refractivity contribution in [3.05, 3.63) is 87.6 Å². The van der Waals surface area contributed by atoms with E-state index >= 15 is 0 Å². The van der Waals surface area contributed by atoms with Gasteiger partial charge in [-0.25, -0.2) is 9.97 Å². The van der Waals surface area contributed by atoms with E-state index in [1.165, 1.54) is 6.20 Å². The Kier molecular flexibility index (Phi) is 6.04. The van der Waals surface area contributed by atoms with E-state index in [1.807, 2.05) is 42.5 Å². The fourth-order valence-electron chi connectivity index (χ4n) is 3.49. The zero-order chi connectivity index (χ0) is 23.7. The summed E-state index contributed by atoms with van der Waals surface area (Å²) >= 11 is 9.31. The van der Waals surface area contributed by atoms with E-state index in [1.54, 1.807) is 30.0 Å². The molecule has 0 radical (unpaired) electrons. The van der Waals surface area contributed by atoms with Crippen molar-refractivity contribution in [2.75, 3.05) is 12.4 Å². The third-order valence-electron chi connectivity index (χ3n) is 5.19. The van der Waals surface area contributed by atoms with Gasteiger partial charge in [-0.05, 0) is 48.0 Å². The largest absolute Gasteiger partial charge is 0.497 e. The molecule has 5 rings (SSSR count). The van der Waals surface area contributed by atoms with Gasteiger partial charge in [0.1, 0.15) is 16.6 Å². The second kappa shape index (κ2) is 9.28. The smallest absolute Gasteiger partial charge is 0.258 e. The van der Waals surface area contributed by atoms with Crippen molar-refractivity contribution in [1.82, 2.24) is 24.7 Å². The first-order valence-electron chi connectivity index (χ1n) is 10.3. The van der Waals surface area contributed by atoms with Crippen molar-refractivity contribution in [3.8, 4) is 17.3 Å². The third kappa shape index (κ3) is 4.66. The van der Waals surface area contributed by atoms with Gasteiger partial charge in [0.25, 0.3) is 5.91 Å². The Bertz CT molecular complexity index is 1480. The number of carbonyl (C=O) groups excluding carboxylic acids is 1. The number of aromatic nitrogens is 5. The number of nitrogens with one attached hydrogen (secondary N) is 2. The fraction of sp³-hybridized carbons (Fsp3) is 0.0833. The number of nitrogens with zero attached hydrogens (tertiary/aromatic N) is 4. The van der Waals surface area contributed by atoms with Gasteiger partial charge in [0.2, 0.25) is 0 Å². The van der Waals surface area contributed by atoms with Gasteiger partial charge in [-0.1, -0.05) is 39.7 Å². The molecule has 0 aliphatic heterocycles. The molecule has 170 valence electrons. The van der Waals surface area contributed by atoms with Crippen LogP contribution in [0.4, 0.5) is 5.82 Å². The molecule has 0 atom stereocenters. The zero-order valence-corrected chi connectivity index (χ0v) is 20.3. The van der Waals surface area contributed by atoms with Crippen LogP contribution in [0.3, 0.4) is 0 Å². The highest BCUT2D eigenvalue weighted by atomic mass is 79.9. The van der Waals surface area contributed by atoms with Crippen molar-refractivity contribution < 1.29 is 9.53 Å². The van der Waals surface area contributed by atoms with Crippen molar-refractivity contribution >= 4 is 50.3 Å². The number of halogens is 2. The van der Waals surface area contributed by atoms with Gasteiger partial charge < -0.3 is 15.0 Å². The van der Waals surface area contributed by atoms with Crippen LogP contribution in [-0.4, -0.2) is 37.7 Å². The van der Waals surface area contributed by atoms with Crippen LogP contribution in [0.15, 0.2) is 71.3 Å². The van der Waals surface area contributed by atoms with Gasteiger partial charge >= 0.3 is 0 Å². The predicted molar refractivity (Wildman–Crippen MR) is 134 cm³/mol. The number of rotatable bonds is 6. The minimum Gasteiger partial charge on any atom is -0.497 e. The molecule has 0 saturated carbocycles. The molecule has 0 bridgehead atoms. The van der Waals surface area contributed by atoms with Crippen LogP contribution in [-0.2, 0) is 6.54 Å². The Morgan fingerprint density at radius 1 is 1.15 bits per heavy atom. The molecule has 8 nitrogen and oxygen atoms in total. The van der Waals surface area contributed by atoms with Gasteiger partial charge in [0.15, 0.2) is 11.6 Å². The number of anilines is 1. The molecule has 3 aromatic heterocycles. The average Bonchev–Trinajstić information content (AvgIpc) is 3.43. The number of carbonyl (C=O) groups is 1. The van der Waals surface area contributed by atoms with Crippen molar-refractivity contribution in [1.29, 1.82) is 0 Å². The maximum Gasteiger partial charge on any atom is 0.258 e. The molecule has 5 aromatic rings. The normalized spacial score (nSPS) is 11.0. The van der Waals surface area contributed by atoms with E-state index in [2.05, 4.69) is 36.3 Å². The van der Waals surface area contributed by atoms with E-state index in [9.17, 15) is 4.79 Å². The number of amides is 1. The number of ether oxygens (including phenoxy) is 1. The van der Waals surface area contributed by atoms with Crippen molar-refractivity contribution in [2.45, 2.75) is 6.54 Å². The lowest BCUT2D eigenvalue weighted by atomic mass is 10.2. The quantitative estimate of drug-likeness (QED) is 0.277. The highest BCUT2D eigenvalue weighted by molar-refractivity contribution is 9.10. The first kappa shape index (κ1) is 22.1. The molecule has 0 aliphatic carbocycles. The molecule has 3 heterocycles. The summed E-state index contributed by atoms with van der Waals surface area (Å²) in [6.07, 6.45) is 1.42. The number of fused-ring (bicyclic) bond motifs is 1. The van der Waals surface area contributed by atoms with Gasteiger partial charge in [0, 0.05) is 16.7 Å². The van der Waals surface area contributed by atoms with Crippen LogP contribution in [0, 0.1) is 0 Å². The lowest BCUT2D eigenvalue weighted by molar-refractivity contribution is 0.102. The molecule has 2 aromatic carbocycles. The Morgan fingerprint density at radius 3 is 2.71 bits per heavy atom. The summed E-state index contributed by atoms with van der Waals surface area (Å²) in [5.41, 5.74) is 3.84. The Balaban J connectivity index is 1.51. The lowest BCUT2D eigenvalue weighted by Crippen LogP contribution is -2.13. The summed E-state index contributed by atoms with van der Waals surface area (Å²) in [6, 6.07) is 18.5. The monoisotopic (exact) mass is 536 g/mol. The van der Waals surface area contributed by atoms with Crippen LogP contribution in [0.1, 0.15) is 15.9 Å². The maximum absolute atomic E-state index is 12.7. The Hall–Kier alpha value is -3.69. The number of benzene rings is 2. The van der Waals surface area contributed by atoms with E-state index in [0.717, 1.165) is 32.5 Å². The number of imidazole rings is 1. The molecule has 10 heteroatoms. The molecule has 0 unspecified atom stereocenters. The standard InChI is InChI=1S/C24H18BrClN6O2/c1-34-17-6-2-14(3-7-17)13-32-20(23-28-18-8-5-16(25)10-19(18)29-23)11-22(31-32)30-24(33)15-4-9-21(26)27-12-15/h2-12H,13H2,1H3,(H,28,29)(H,30,31,33). The van der Waals surface area contributed by atoms with Crippen LogP contribution < -0.4 is 10.1 Å². The predicted octanol–water partition coefficient (Wildman–Crippen LogP) is 5.55. The third-order valence-corrected chi connectivity index (χ3v) is 5.91. The van der Waals surface area contributed by atoms with E-state index < -0.39 is 0 Å². The summed E-state index contributed by atoms with van der Waals surface area (Å²) in [5.74, 6) is 1.48. The molecule has 0 fully saturated rings. The average molecular weight is 538 g/mol.